The van der Waals surface area contributed by atoms with Gasteiger partial charge in [0.05, 0.1) is 5.39 Å². The zero-order chi connectivity index (χ0) is 16.0. The van der Waals surface area contributed by atoms with E-state index in [0.29, 0.717) is 23.2 Å². The lowest BCUT2D eigenvalue weighted by molar-refractivity contribution is 0.271. The normalized spacial score (nSPS) is 16.1. The number of rotatable bonds is 2. The minimum absolute atomic E-state index is 0.0355. The van der Waals surface area contributed by atoms with Crippen LogP contribution in [-0.4, -0.2) is 6.10 Å². The van der Waals surface area contributed by atoms with Crippen molar-refractivity contribution in [1.82, 2.24) is 0 Å². The molecule has 0 unspecified atom stereocenters. The zero-order valence-electron chi connectivity index (χ0n) is 12.8. The van der Waals surface area contributed by atoms with Crippen molar-refractivity contribution in [2.24, 2.45) is 0 Å². The van der Waals surface area contributed by atoms with Gasteiger partial charge in [-0.05, 0) is 24.6 Å². The van der Waals surface area contributed by atoms with Crippen molar-refractivity contribution in [3.8, 4) is 17.1 Å². The Hall–Kier alpha value is -2.81. The molecule has 0 saturated carbocycles. The van der Waals surface area contributed by atoms with E-state index in [-0.39, 0.29) is 11.5 Å². The first kappa shape index (κ1) is 13.8. The van der Waals surface area contributed by atoms with Crippen molar-refractivity contribution >= 4 is 11.0 Å². The van der Waals surface area contributed by atoms with Gasteiger partial charge in [-0.3, -0.25) is 4.79 Å². The lowest BCUT2D eigenvalue weighted by atomic mass is 10.0. The quantitative estimate of drug-likeness (QED) is 0.661. The van der Waals surface area contributed by atoms with Gasteiger partial charge >= 0.3 is 0 Å². The minimum Gasteiger partial charge on any atom is -0.485 e. The van der Waals surface area contributed by atoms with Crippen LogP contribution in [-0.2, 0) is 6.42 Å². The molecule has 2 heterocycles. The van der Waals surface area contributed by atoms with Crippen molar-refractivity contribution in [2.45, 2.75) is 19.4 Å². The van der Waals surface area contributed by atoms with Crippen molar-refractivity contribution in [3.63, 3.8) is 0 Å². The van der Waals surface area contributed by atoms with Gasteiger partial charge in [-0.1, -0.05) is 36.9 Å². The van der Waals surface area contributed by atoms with E-state index in [1.54, 1.807) is 12.1 Å². The Labute approximate surface area is 133 Å². The number of benzene rings is 2. The van der Waals surface area contributed by atoms with Crippen LogP contribution in [0.5, 0.6) is 5.75 Å². The molecule has 1 aliphatic heterocycles. The van der Waals surface area contributed by atoms with Gasteiger partial charge in [0, 0.05) is 23.6 Å². The van der Waals surface area contributed by atoms with Crippen LogP contribution in [0.3, 0.4) is 0 Å². The second-order valence-electron chi connectivity index (χ2n) is 5.92. The molecule has 0 amide bonds. The third kappa shape index (κ3) is 2.25. The molecule has 23 heavy (non-hydrogen) atoms. The van der Waals surface area contributed by atoms with Crippen LogP contribution in [0.4, 0.5) is 0 Å². The molecule has 0 fully saturated rings. The summed E-state index contributed by atoms with van der Waals surface area (Å²) >= 11 is 0. The van der Waals surface area contributed by atoms with E-state index in [1.165, 1.54) is 0 Å². The Kier molecular flexibility index (Phi) is 3.08. The molecule has 0 N–H and O–H groups in total. The predicted molar refractivity (Wildman–Crippen MR) is 90.9 cm³/mol. The van der Waals surface area contributed by atoms with Crippen molar-refractivity contribution < 1.29 is 9.15 Å². The fraction of sp³-hybridized carbons (Fsp3) is 0.150. The topological polar surface area (TPSA) is 39.4 Å². The lowest BCUT2D eigenvalue weighted by Crippen LogP contribution is -2.13. The van der Waals surface area contributed by atoms with Crippen LogP contribution in [0.25, 0.3) is 22.3 Å². The maximum atomic E-state index is 12.5. The summed E-state index contributed by atoms with van der Waals surface area (Å²) in [6, 6.07) is 14.8. The first-order valence-corrected chi connectivity index (χ1v) is 7.60. The molecule has 2 aromatic carbocycles. The van der Waals surface area contributed by atoms with E-state index in [0.717, 1.165) is 22.4 Å². The van der Waals surface area contributed by atoms with Gasteiger partial charge in [-0.2, -0.15) is 0 Å². The number of ether oxygens (including phenoxy) is 1. The maximum absolute atomic E-state index is 12.5. The summed E-state index contributed by atoms with van der Waals surface area (Å²) in [5, 5.41) is 0.592. The van der Waals surface area contributed by atoms with Gasteiger partial charge < -0.3 is 9.15 Å². The Morgan fingerprint density at radius 1 is 1.17 bits per heavy atom. The summed E-state index contributed by atoms with van der Waals surface area (Å²) in [7, 11) is 0. The lowest BCUT2D eigenvalue weighted by Gasteiger charge is -2.08. The molecule has 4 rings (SSSR count). The van der Waals surface area contributed by atoms with Crippen molar-refractivity contribution in [3.05, 3.63) is 76.5 Å². The van der Waals surface area contributed by atoms with Gasteiger partial charge in [0.15, 0.2) is 5.43 Å². The largest absolute Gasteiger partial charge is 0.485 e. The highest BCUT2D eigenvalue weighted by molar-refractivity contribution is 5.84. The van der Waals surface area contributed by atoms with Crippen LogP contribution in [0.2, 0.25) is 0 Å². The van der Waals surface area contributed by atoms with Crippen LogP contribution in [0.1, 0.15) is 12.5 Å². The molecule has 0 saturated heterocycles. The molecule has 0 aliphatic carbocycles. The summed E-state index contributed by atoms with van der Waals surface area (Å²) in [4.78, 5) is 12.5. The van der Waals surface area contributed by atoms with E-state index in [4.69, 9.17) is 9.15 Å². The Morgan fingerprint density at radius 3 is 2.70 bits per heavy atom. The fourth-order valence-electron chi connectivity index (χ4n) is 2.96. The summed E-state index contributed by atoms with van der Waals surface area (Å²) in [6.45, 7) is 5.91. The van der Waals surface area contributed by atoms with E-state index in [9.17, 15) is 4.79 Å². The van der Waals surface area contributed by atoms with E-state index >= 15 is 0 Å². The number of hydrogen-bond acceptors (Lipinski definition) is 3. The van der Waals surface area contributed by atoms with E-state index < -0.39 is 0 Å². The standard InChI is InChI=1S/C20H16O3/c1-12(2)18-10-15-17(22-18)9-8-14-16(21)11-19(23-20(14)15)13-6-4-3-5-7-13/h3-9,11,18H,1,10H2,2H3/t18-/m1/s1. The maximum Gasteiger partial charge on any atom is 0.193 e. The molecule has 3 aromatic rings. The summed E-state index contributed by atoms with van der Waals surface area (Å²) in [5.41, 5.74) is 3.39. The van der Waals surface area contributed by atoms with Gasteiger partial charge in [-0.25, -0.2) is 0 Å². The summed E-state index contributed by atoms with van der Waals surface area (Å²) < 4.78 is 12.0. The van der Waals surface area contributed by atoms with Crippen molar-refractivity contribution in [2.75, 3.05) is 0 Å². The average molecular weight is 304 g/mol. The molecule has 1 aliphatic rings. The number of hydrogen-bond donors (Lipinski definition) is 0. The third-order valence-electron chi connectivity index (χ3n) is 4.22. The van der Waals surface area contributed by atoms with E-state index in [1.807, 2.05) is 43.3 Å². The second-order valence-corrected chi connectivity index (χ2v) is 5.92. The molecule has 1 atom stereocenters. The molecule has 0 spiro atoms. The van der Waals surface area contributed by atoms with Crippen LogP contribution >= 0.6 is 0 Å². The Balaban J connectivity index is 1.94. The highest BCUT2D eigenvalue weighted by Gasteiger charge is 2.27. The summed E-state index contributed by atoms with van der Waals surface area (Å²) in [6.07, 6.45) is 0.629. The molecule has 0 bridgehead atoms. The molecule has 3 nitrogen and oxygen atoms in total. The second kappa shape index (κ2) is 5.13. The van der Waals surface area contributed by atoms with Crippen LogP contribution in [0.15, 0.2) is 69.9 Å². The van der Waals surface area contributed by atoms with Crippen molar-refractivity contribution in [1.29, 1.82) is 0 Å². The van der Waals surface area contributed by atoms with Gasteiger partial charge in [0.1, 0.15) is 23.2 Å². The summed E-state index contributed by atoms with van der Waals surface area (Å²) in [5.74, 6) is 1.36. The number of fused-ring (bicyclic) bond motifs is 3. The monoisotopic (exact) mass is 304 g/mol. The Morgan fingerprint density at radius 2 is 1.96 bits per heavy atom. The van der Waals surface area contributed by atoms with Gasteiger partial charge in [-0.15, -0.1) is 0 Å². The van der Waals surface area contributed by atoms with Crippen LogP contribution < -0.4 is 10.2 Å². The minimum atomic E-state index is -0.0544. The first-order chi connectivity index (χ1) is 11.1. The fourth-order valence-corrected chi connectivity index (χ4v) is 2.96. The first-order valence-electron chi connectivity index (χ1n) is 7.60. The van der Waals surface area contributed by atoms with Gasteiger partial charge in [0.2, 0.25) is 0 Å². The molecule has 1 aromatic heterocycles. The molecule has 114 valence electrons. The molecule has 3 heteroatoms. The van der Waals surface area contributed by atoms with Gasteiger partial charge in [0.25, 0.3) is 0 Å². The third-order valence-corrected chi connectivity index (χ3v) is 4.22. The molecular weight excluding hydrogens is 288 g/mol. The smallest absolute Gasteiger partial charge is 0.193 e. The SMILES string of the molecule is C=C(C)[C@H]1Cc2c(ccc3c(=O)cc(-c4ccccc4)oc23)O1. The molecular formula is C20H16O3. The van der Waals surface area contributed by atoms with Crippen LogP contribution in [0, 0.1) is 0 Å². The highest BCUT2D eigenvalue weighted by atomic mass is 16.5. The predicted octanol–water partition coefficient (Wildman–Crippen LogP) is 4.34. The Bertz CT molecular complexity index is 967. The average Bonchev–Trinajstić information content (AvgIpc) is 3.00. The highest BCUT2D eigenvalue weighted by Crippen LogP contribution is 2.37. The van der Waals surface area contributed by atoms with E-state index in [2.05, 4.69) is 6.58 Å². The molecule has 0 radical (unpaired) electrons. The zero-order valence-corrected chi connectivity index (χ0v) is 12.8.